The molecule has 112 valence electrons. The Morgan fingerprint density at radius 2 is 2.10 bits per heavy atom. The molecule has 1 fully saturated rings. The average Bonchev–Trinajstić information content (AvgIpc) is 2.37. The third-order valence-corrected chi connectivity index (χ3v) is 4.67. The molecule has 0 aromatic heterocycles. The van der Waals surface area contributed by atoms with Gasteiger partial charge in [0.25, 0.3) is 0 Å². The van der Waals surface area contributed by atoms with Gasteiger partial charge in [-0.1, -0.05) is 36.2 Å². The highest BCUT2D eigenvalue weighted by Gasteiger charge is 2.31. The van der Waals surface area contributed by atoms with Crippen molar-refractivity contribution in [2.75, 3.05) is 19.6 Å². The van der Waals surface area contributed by atoms with Crippen LogP contribution in [0.5, 0.6) is 0 Å². The van der Waals surface area contributed by atoms with Gasteiger partial charge in [-0.3, -0.25) is 4.90 Å². The van der Waals surface area contributed by atoms with E-state index in [1.54, 1.807) is 0 Å². The second kappa shape index (κ2) is 6.65. The molecule has 1 N–H and O–H groups in total. The van der Waals surface area contributed by atoms with E-state index in [4.69, 9.17) is 23.2 Å². The number of hydrogen-bond acceptors (Lipinski definition) is 2. The second-order valence-corrected chi connectivity index (χ2v) is 7.13. The zero-order valence-corrected chi connectivity index (χ0v) is 14.1. The summed E-state index contributed by atoms with van der Waals surface area (Å²) in [6.45, 7) is 9.98. The number of nitrogens with zero attached hydrogens (tertiary/aromatic N) is 1. The first-order chi connectivity index (χ1) is 9.41. The summed E-state index contributed by atoms with van der Waals surface area (Å²) in [6, 6.07) is 6.41. The number of piperazine rings is 1. The predicted octanol–water partition coefficient (Wildman–Crippen LogP) is 4.00. The first kappa shape index (κ1) is 16.1. The molecule has 0 saturated carbocycles. The Kier molecular flexibility index (Phi) is 5.36. The van der Waals surface area contributed by atoms with Crippen molar-refractivity contribution in [3.63, 3.8) is 0 Å². The maximum absolute atomic E-state index is 6.26. The summed E-state index contributed by atoms with van der Waals surface area (Å²) in [5.74, 6) is 0. The summed E-state index contributed by atoms with van der Waals surface area (Å²) in [6.07, 6.45) is 2.15. The standard InChI is InChI=1S/C16H24Cl2N2/c1-4-14-10-19-16(2,3)11-20(14)8-7-12-5-6-13(17)9-15(12)18/h5-6,9,14,19H,4,7-8,10-11H2,1-3H3. The molecule has 0 amide bonds. The first-order valence-corrected chi connectivity index (χ1v) is 8.10. The maximum atomic E-state index is 6.26. The van der Waals surface area contributed by atoms with Crippen LogP contribution in [0.1, 0.15) is 32.8 Å². The van der Waals surface area contributed by atoms with Crippen molar-refractivity contribution in [1.29, 1.82) is 0 Å². The summed E-state index contributed by atoms with van der Waals surface area (Å²) < 4.78 is 0. The monoisotopic (exact) mass is 314 g/mol. The lowest BCUT2D eigenvalue weighted by Crippen LogP contribution is -2.61. The van der Waals surface area contributed by atoms with Gasteiger partial charge in [0.15, 0.2) is 0 Å². The van der Waals surface area contributed by atoms with Gasteiger partial charge >= 0.3 is 0 Å². The molecule has 1 heterocycles. The van der Waals surface area contributed by atoms with Gasteiger partial charge in [0.05, 0.1) is 0 Å². The Morgan fingerprint density at radius 1 is 1.35 bits per heavy atom. The van der Waals surface area contributed by atoms with E-state index < -0.39 is 0 Å². The van der Waals surface area contributed by atoms with E-state index in [2.05, 4.69) is 31.0 Å². The summed E-state index contributed by atoms with van der Waals surface area (Å²) in [5.41, 5.74) is 1.37. The zero-order valence-electron chi connectivity index (χ0n) is 12.5. The fraction of sp³-hybridized carbons (Fsp3) is 0.625. The molecule has 4 heteroatoms. The fourth-order valence-corrected chi connectivity index (χ4v) is 3.37. The minimum absolute atomic E-state index is 0.190. The summed E-state index contributed by atoms with van der Waals surface area (Å²) >= 11 is 12.2. The Balaban J connectivity index is 2.00. The molecule has 2 rings (SSSR count). The van der Waals surface area contributed by atoms with Crippen LogP contribution in [0.15, 0.2) is 18.2 Å². The minimum Gasteiger partial charge on any atom is -0.309 e. The van der Waals surface area contributed by atoms with Gasteiger partial charge in [-0.15, -0.1) is 0 Å². The van der Waals surface area contributed by atoms with E-state index in [0.29, 0.717) is 11.1 Å². The van der Waals surface area contributed by atoms with Gasteiger partial charge in [-0.2, -0.15) is 0 Å². The molecular formula is C16H24Cl2N2. The number of hydrogen-bond donors (Lipinski definition) is 1. The van der Waals surface area contributed by atoms with E-state index in [1.165, 1.54) is 12.0 Å². The van der Waals surface area contributed by atoms with Crippen LogP contribution >= 0.6 is 23.2 Å². The molecular weight excluding hydrogens is 291 g/mol. The fourth-order valence-electron chi connectivity index (χ4n) is 2.87. The SMILES string of the molecule is CCC1CNC(C)(C)CN1CCc1ccc(Cl)cc1Cl. The molecule has 1 atom stereocenters. The van der Waals surface area contributed by atoms with E-state index in [-0.39, 0.29) is 5.54 Å². The van der Waals surface area contributed by atoms with Gasteiger partial charge in [0, 0.05) is 41.3 Å². The van der Waals surface area contributed by atoms with Crippen molar-refractivity contribution in [2.24, 2.45) is 0 Å². The molecule has 1 aliphatic heterocycles. The Labute approximate surface area is 132 Å². The molecule has 1 aliphatic rings. The van der Waals surface area contributed by atoms with Crippen LogP contribution in [0.25, 0.3) is 0 Å². The van der Waals surface area contributed by atoms with Crippen LogP contribution in [0.3, 0.4) is 0 Å². The smallest absolute Gasteiger partial charge is 0.0453 e. The molecule has 0 aliphatic carbocycles. The molecule has 20 heavy (non-hydrogen) atoms. The Bertz CT molecular complexity index is 460. The third kappa shape index (κ3) is 4.11. The molecule has 1 aromatic rings. The lowest BCUT2D eigenvalue weighted by molar-refractivity contribution is 0.0939. The van der Waals surface area contributed by atoms with Crippen molar-refractivity contribution in [2.45, 2.75) is 45.2 Å². The van der Waals surface area contributed by atoms with Crippen molar-refractivity contribution in [1.82, 2.24) is 10.2 Å². The molecule has 1 saturated heterocycles. The highest BCUT2D eigenvalue weighted by molar-refractivity contribution is 6.35. The normalized spacial score (nSPS) is 22.9. The first-order valence-electron chi connectivity index (χ1n) is 7.34. The van der Waals surface area contributed by atoms with Gasteiger partial charge < -0.3 is 5.32 Å². The van der Waals surface area contributed by atoms with Crippen LogP contribution in [0, 0.1) is 0 Å². The van der Waals surface area contributed by atoms with E-state index >= 15 is 0 Å². The van der Waals surface area contributed by atoms with Gasteiger partial charge in [0.2, 0.25) is 0 Å². The van der Waals surface area contributed by atoms with Crippen molar-refractivity contribution < 1.29 is 0 Å². The number of rotatable bonds is 4. The van der Waals surface area contributed by atoms with Crippen molar-refractivity contribution in [3.05, 3.63) is 33.8 Å². The lowest BCUT2D eigenvalue weighted by Gasteiger charge is -2.44. The third-order valence-electron chi connectivity index (χ3n) is 4.09. The summed E-state index contributed by atoms with van der Waals surface area (Å²) in [5, 5.41) is 5.10. The van der Waals surface area contributed by atoms with Gasteiger partial charge in [-0.25, -0.2) is 0 Å². The maximum Gasteiger partial charge on any atom is 0.0453 e. The molecule has 1 aromatic carbocycles. The van der Waals surface area contributed by atoms with Crippen LogP contribution in [-0.4, -0.2) is 36.1 Å². The Hall–Kier alpha value is -0.280. The number of nitrogens with one attached hydrogen (secondary N) is 1. The van der Waals surface area contributed by atoms with Gasteiger partial charge in [0.1, 0.15) is 0 Å². The molecule has 0 spiro atoms. The molecule has 0 bridgehead atoms. The average molecular weight is 315 g/mol. The molecule has 2 nitrogen and oxygen atoms in total. The van der Waals surface area contributed by atoms with E-state index in [9.17, 15) is 0 Å². The van der Waals surface area contributed by atoms with Crippen molar-refractivity contribution in [3.8, 4) is 0 Å². The number of halogens is 2. The van der Waals surface area contributed by atoms with Gasteiger partial charge in [-0.05, 0) is 44.4 Å². The van der Waals surface area contributed by atoms with E-state index in [0.717, 1.165) is 31.1 Å². The lowest BCUT2D eigenvalue weighted by atomic mass is 9.97. The zero-order chi connectivity index (χ0) is 14.8. The van der Waals surface area contributed by atoms with Crippen LogP contribution < -0.4 is 5.32 Å². The van der Waals surface area contributed by atoms with Crippen LogP contribution in [-0.2, 0) is 6.42 Å². The minimum atomic E-state index is 0.190. The number of benzene rings is 1. The Morgan fingerprint density at radius 3 is 2.75 bits per heavy atom. The topological polar surface area (TPSA) is 15.3 Å². The van der Waals surface area contributed by atoms with Crippen LogP contribution in [0.4, 0.5) is 0 Å². The largest absolute Gasteiger partial charge is 0.309 e. The predicted molar refractivity (Wildman–Crippen MR) is 87.9 cm³/mol. The highest BCUT2D eigenvalue weighted by atomic mass is 35.5. The summed E-state index contributed by atoms with van der Waals surface area (Å²) in [4.78, 5) is 2.58. The highest BCUT2D eigenvalue weighted by Crippen LogP contribution is 2.23. The van der Waals surface area contributed by atoms with Crippen LogP contribution in [0.2, 0.25) is 10.0 Å². The van der Waals surface area contributed by atoms with E-state index in [1.807, 2.05) is 18.2 Å². The second-order valence-electron chi connectivity index (χ2n) is 6.28. The molecule has 0 radical (unpaired) electrons. The molecule has 1 unspecified atom stereocenters. The van der Waals surface area contributed by atoms with Crippen molar-refractivity contribution >= 4 is 23.2 Å². The quantitative estimate of drug-likeness (QED) is 0.903. The summed E-state index contributed by atoms with van der Waals surface area (Å²) in [7, 11) is 0.